The maximum absolute atomic E-state index is 12.9. The van der Waals surface area contributed by atoms with E-state index < -0.39 is 6.10 Å². The highest BCUT2D eigenvalue weighted by Gasteiger charge is 2.24. The Morgan fingerprint density at radius 2 is 2.16 bits per heavy atom. The van der Waals surface area contributed by atoms with E-state index >= 15 is 0 Å². The van der Waals surface area contributed by atoms with Crippen LogP contribution in [-0.4, -0.2) is 65.1 Å². The Hall–Kier alpha value is -1.32. The predicted octanol–water partition coefficient (Wildman–Crippen LogP) is 3.12. The Morgan fingerprint density at radius 1 is 1.39 bits per heavy atom. The van der Waals surface area contributed by atoms with Gasteiger partial charge >= 0.3 is 0 Å². The van der Waals surface area contributed by atoms with Crippen LogP contribution in [0.15, 0.2) is 4.79 Å². The van der Waals surface area contributed by atoms with Gasteiger partial charge in [0.25, 0.3) is 5.56 Å². The van der Waals surface area contributed by atoms with E-state index in [4.69, 9.17) is 14.5 Å². The number of aromatic nitrogens is 2. The lowest BCUT2D eigenvalue weighted by molar-refractivity contribution is -0.0571. The summed E-state index contributed by atoms with van der Waals surface area (Å²) < 4.78 is 10.9. The van der Waals surface area contributed by atoms with Crippen LogP contribution in [0.5, 0.6) is 0 Å². The highest BCUT2D eigenvalue weighted by molar-refractivity contribution is 7.18. The van der Waals surface area contributed by atoms with Gasteiger partial charge in [0.1, 0.15) is 10.7 Å². The van der Waals surface area contributed by atoms with Crippen molar-refractivity contribution in [3.05, 3.63) is 26.6 Å². The van der Waals surface area contributed by atoms with E-state index in [1.807, 2.05) is 20.8 Å². The van der Waals surface area contributed by atoms with E-state index in [1.54, 1.807) is 18.4 Å². The molecular weight excluding hydrogens is 414 g/mol. The summed E-state index contributed by atoms with van der Waals surface area (Å²) in [6, 6.07) is 0. The first kappa shape index (κ1) is 24.3. The highest BCUT2D eigenvalue weighted by Crippen LogP contribution is 2.35. The van der Waals surface area contributed by atoms with E-state index in [-0.39, 0.29) is 17.8 Å². The fraction of sp³-hybridized carbons (Fsp3) is 0.739. The van der Waals surface area contributed by atoms with Crippen molar-refractivity contribution in [2.45, 2.75) is 71.6 Å². The van der Waals surface area contributed by atoms with E-state index in [0.717, 1.165) is 42.4 Å². The minimum atomic E-state index is -0.618. The van der Waals surface area contributed by atoms with Crippen molar-refractivity contribution in [3.63, 3.8) is 0 Å². The summed E-state index contributed by atoms with van der Waals surface area (Å²) in [7, 11) is 1.68. The van der Waals surface area contributed by atoms with Gasteiger partial charge in [0.05, 0.1) is 30.2 Å². The molecule has 0 amide bonds. The molecule has 2 aromatic rings. The van der Waals surface area contributed by atoms with Gasteiger partial charge in [0.2, 0.25) is 0 Å². The fourth-order valence-electron chi connectivity index (χ4n) is 4.04. The molecule has 8 heteroatoms. The van der Waals surface area contributed by atoms with Gasteiger partial charge in [-0.05, 0) is 57.9 Å². The number of aliphatic hydroxyl groups excluding tert-OH is 1. The zero-order chi connectivity index (χ0) is 22.6. The van der Waals surface area contributed by atoms with Crippen molar-refractivity contribution in [2.24, 2.45) is 5.92 Å². The van der Waals surface area contributed by atoms with Crippen molar-refractivity contribution in [1.29, 1.82) is 0 Å². The van der Waals surface area contributed by atoms with Crippen LogP contribution in [0.25, 0.3) is 10.2 Å². The molecule has 0 spiro atoms. The maximum atomic E-state index is 12.9. The second kappa shape index (κ2) is 10.5. The summed E-state index contributed by atoms with van der Waals surface area (Å²) in [5.74, 6) is 1.30. The van der Waals surface area contributed by atoms with Gasteiger partial charge < -0.3 is 19.6 Å². The zero-order valence-corrected chi connectivity index (χ0v) is 20.3. The van der Waals surface area contributed by atoms with Crippen molar-refractivity contribution >= 4 is 21.6 Å². The molecule has 1 aliphatic rings. The van der Waals surface area contributed by atoms with E-state index in [2.05, 4.69) is 16.8 Å². The number of methoxy groups -OCH3 is 1. The van der Waals surface area contributed by atoms with Crippen molar-refractivity contribution < 1.29 is 14.6 Å². The molecule has 0 bridgehead atoms. The molecule has 174 valence electrons. The number of nitrogens with zero attached hydrogens (tertiary/aromatic N) is 2. The smallest absolute Gasteiger partial charge is 0.259 e. The van der Waals surface area contributed by atoms with Crippen LogP contribution < -0.4 is 5.56 Å². The normalized spacial score (nSPS) is 18.0. The van der Waals surface area contributed by atoms with Crippen molar-refractivity contribution in [2.75, 3.05) is 33.4 Å². The molecule has 0 unspecified atom stereocenters. The summed E-state index contributed by atoms with van der Waals surface area (Å²) in [5, 5.41) is 11.3. The van der Waals surface area contributed by atoms with Gasteiger partial charge in [0, 0.05) is 31.7 Å². The molecule has 31 heavy (non-hydrogen) atoms. The molecule has 0 aliphatic heterocycles. The summed E-state index contributed by atoms with van der Waals surface area (Å²) in [6.45, 7) is 10.8. The number of hydrogen-bond acceptors (Lipinski definition) is 7. The summed E-state index contributed by atoms with van der Waals surface area (Å²) in [5.41, 5.74) is 0.862. The largest absolute Gasteiger partial charge is 0.389 e. The van der Waals surface area contributed by atoms with Crippen molar-refractivity contribution in [1.82, 2.24) is 14.9 Å². The van der Waals surface area contributed by atoms with E-state index in [1.165, 1.54) is 10.4 Å². The number of aliphatic hydroxyl groups is 1. The van der Waals surface area contributed by atoms with Gasteiger partial charge in [-0.2, -0.15) is 0 Å². The van der Waals surface area contributed by atoms with E-state index in [9.17, 15) is 9.90 Å². The molecule has 1 aliphatic carbocycles. The number of rotatable bonds is 10. The average molecular weight is 452 g/mol. The minimum Gasteiger partial charge on any atom is -0.389 e. The lowest BCUT2D eigenvalue weighted by atomic mass is 9.89. The van der Waals surface area contributed by atoms with E-state index in [0.29, 0.717) is 31.4 Å². The van der Waals surface area contributed by atoms with Crippen LogP contribution in [0.4, 0.5) is 0 Å². The van der Waals surface area contributed by atoms with Crippen molar-refractivity contribution in [3.8, 4) is 0 Å². The number of aromatic amines is 1. The third-order valence-corrected chi connectivity index (χ3v) is 6.74. The minimum absolute atomic E-state index is 0.0412. The molecule has 0 fully saturated rings. The Kier molecular flexibility index (Phi) is 8.26. The maximum Gasteiger partial charge on any atom is 0.259 e. The standard InChI is InChI=1S/C23H37N3O4S/c1-15-7-8-17-18(11-15)31-22-20(17)21(28)24-19(25-22)13-26(9-6-10-29-5)12-16(27)14-30-23(2,3)4/h15-16,27H,6-14H2,1-5H3,(H,24,25,28)/t15-,16+/m0/s1. The zero-order valence-electron chi connectivity index (χ0n) is 19.5. The SMILES string of the molecule is COCCCN(Cc1nc2sc3c(c2c(=O)[nH]1)CC[C@H](C)C3)C[C@@H](O)COC(C)(C)C. The molecule has 3 rings (SSSR count). The van der Waals surface area contributed by atoms with Gasteiger partial charge in [0.15, 0.2) is 0 Å². The average Bonchev–Trinajstić information content (AvgIpc) is 3.03. The summed E-state index contributed by atoms with van der Waals surface area (Å²) >= 11 is 1.67. The monoisotopic (exact) mass is 451 g/mol. The predicted molar refractivity (Wildman–Crippen MR) is 125 cm³/mol. The second-order valence-corrected chi connectivity index (χ2v) is 10.8. The number of hydrogen-bond donors (Lipinski definition) is 2. The second-order valence-electron chi connectivity index (χ2n) is 9.70. The molecule has 0 aromatic carbocycles. The third-order valence-electron chi connectivity index (χ3n) is 5.59. The van der Waals surface area contributed by atoms with Crippen LogP contribution in [-0.2, 0) is 28.9 Å². The molecule has 2 atom stereocenters. The van der Waals surface area contributed by atoms with Crippen LogP contribution in [0.1, 0.15) is 56.8 Å². The molecule has 2 heterocycles. The number of nitrogens with one attached hydrogen (secondary N) is 1. The Balaban J connectivity index is 1.75. The van der Waals surface area contributed by atoms with Crippen LogP contribution >= 0.6 is 11.3 Å². The van der Waals surface area contributed by atoms with Gasteiger partial charge in [-0.1, -0.05) is 6.92 Å². The number of thiophene rings is 1. The molecule has 2 N–H and O–H groups in total. The van der Waals surface area contributed by atoms with Crippen LogP contribution in [0.3, 0.4) is 0 Å². The summed E-state index contributed by atoms with van der Waals surface area (Å²) in [4.78, 5) is 25.0. The number of ether oxygens (including phenoxy) is 2. The quantitative estimate of drug-likeness (QED) is 0.540. The fourth-order valence-corrected chi connectivity index (χ4v) is 5.45. The number of aryl methyl sites for hydroxylation is 1. The first-order valence-electron chi connectivity index (χ1n) is 11.2. The molecule has 0 radical (unpaired) electrons. The number of fused-ring (bicyclic) bond motifs is 3. The van der Waals surface area contributed by atoms with Crippen LogP contribution in [0, 0.1) is 5.92 Å². The first-order chi connectivity index (χ1) is 14.7. The van der Waals surface area contributed by atoms with Crippen LogP contribution in [0.2, 0.25) is 0 Å². The lowest BCUT2D eigenvalue weighted by Crippen LogP contribution is -2.38. The highest BCUT2D eigenvalue weighted by atomic mass is 32.1. The molecule has 0 saturated heterocycles. The molecule has 7 nitrogen and oxygen atoms in total. The first-order valence-corrected chi connectivity index (χ1v) is 12.0. The third kappa shape index (κ3) is 6.83. The topological polar surface area (TPSA) is 87.7 Å². The van der Waals surface area contributed by atoms with Gasteiger partial charge in [-0.3, -0.25) is 9.69 Å². The molecular formula is C23H37N3O4S. The lowest BCUT2D eigenvalue weighted by Gasteiger charge is -2.27. The molecule has 0 saturated carbocycles. The summed E-state index contributed by atoms with van der Waals surface area (Å²) in [6.07, 6.45) is 3.34. The van der Waals surface area contributed by atoms with Gasteiger partial charge in [-0.25, -0.2) is 4.98 Å². The Labute approximate surface area is 188 Å². The van der Waals surface area contributed by atoms with Gasteiger partial charge in [-0.15, -0.1) is 11.3 Å². The Bertz CT molecular complexity index is 918. The molecule has 2 aromatic heterocycles. The number of H-pyrrole nitrogens is 1. The Morgan fingerprint density at radius 3 is 2.87 bits per heavy atom.